The summed E-state index contributed by atoms with van der Waals surface area (Å²) in [5.41, 5.74) is 3.63. The van der Waals surface area contributed by atoms with Gasteiger partial charge in [-0.3, -0.25) is 4.79 Å². The number of aromatic nitrogens is 2. The van der Waals surface area contributed by atoms with Gasteiger partial charge in [-0.25, -0.2) is 4.68 Å². The lowest BCUT2D eigenvalue weighted by Gasteiger charge is -2.23. The van der Waals surface area contributed by atoms with Gasteiger partial charge >= 0.3 is 0 Å². The second kappa shape index (κ2) is 9.03. The molecular formula is C22H26N4O. The molecule has 0 aliphatic carbocycles. The Kier molecular flexibility index (Phi) is 6.26. The monoisotopic (exact) mass is 362 g/mol. The van der Waals surface area contributed by atoms with E-state index in [-0.39, 0.29) is 5.91 Å². The van der Waals surface area contributed by atoms with E-state index in [0.29, 0.717) is 12.1 Å². The number of hydrogen-bond acceptors (Lipinski definition) is 3. The highest BCUT2D eigenvalue weighted by Gasteiger charge is 2.14. The summed E-state index contributed by atoms with van der Waals surface area (Å²) in [5, 5.41) is 7.38. The third-order valence-corrected chi connectivity index (χ3v) is 4.65. The van der Waals surface area contributed by atoms with E-state index in [2.05, 4.69) is 34.4 Å². The molecule has 1 N–H and O–H groups in total. The van der Waals surface area contributed by atoms with Crippen LogP contribution in [0.3, 0.4) is 0 Å². The van der Waals surface area contributed by atoms with Gasteiger partial charge in [-0.15, -0.1) is 0 Å². The third-order valence-electron chi connectivity index (χ3n) is 4.65. The van der Waals surface area contributed by atoms with Gasteiger partial charge in [0.1, 0.15) is 0 Å². The van der Waals surface area contributed by atoms with Gasteiger partial charge in [-0.05, 0) is 44.5 Å². The highest BCUT2D eigenvalue weighted by Crippen LogP contribution is 2.14. The van der Waals surface area contributed by atoms with Gasteiger partial charge in [0.05, 0.1) is 23.1 Å². The number of carbonyl (C=O) groups is 1. The number of rotatable bonds is 8. The zero-order valence-electron chi connectivity index (χ0n) is 15.9. The molecule has 140 valence electrons. The number of amides is 1. The average Bonchev–Trinajstić information content (AvgIpc) is 3.10. The molecule has 5 heteroatoms. The Morgan fingerprint density at radius 2 is 1.74 bits per heavy atom. The topological polar surface area (TPSA) is 50.2 Å². The van der Waals surface area contributed by atoms with E-state index >= 15 is 0 Å². The predicted octanol–water partition coefficient (Wildman–Crippen LogP) is 3.83. The Morgan fingerprint density at radius 3 is 2.41 bits per heavy atom. The zero-order chi connectivity index (χ0) is 19.1. The molecule has 0 spiro atoms. The molecule has 1 amide bonds. The maximum absolute atomic E-state index is 12.5. The maximum atomic E-state index is 12.5. The number of anilines is 1. The van der Waals surface area contributed by atoms with Crippen molar-refractivity contribution in [2.24, 2.45) is 0 Å². The lowest BCUT2D eigenvalue weighted by molar-refractivity contribution is 0.0953. The average molecular weight is 362 g/mol. The Bertz CT molecular complexity index is 859. The smallest absolute Gasteiger partial charge is 0.254 e. The van der Waals surface area contributed by atoms with Gasteiger partial charge in [-0.2, -0.15) is 5.10 Å². The molecule has 0 fully saturated rings. The largest absolute Gasteiger partial charge is 0.372 e. The van der Waals surface area contributed by atoms with Crippen LogP contribution in [0.15, 0.2) is 66.9 Å². The Balaban J connectivity index is 1.53. The molecule has 0 saturated carbocycles. The SMILES string of the molecule is CCN(CCCNC(=O)c1cnn(-c2ccccc2)c1C)c1ccccc1. The van der Waals surface area contributed by atoms with E-state index in [0.717, 1.165) is 30.9 Å². The van der Waals surface area contributed by atoms with Crippen LogP contribution in [-0.2, 0) is 0 Å². The molecule has 5 nitrogen and oxygen atoms in total. The van der Waals surface area contributed by atoms with Crippen LogP contribution in [0.1, 0.15) is 29.4 Å². The molecule has 27 heavy (non-hydrogen) atoms. The number of nitrogens with one attached hydrogen (secondary N) is 1. The summed E-state index contributed by atoms with van der Waals surface area (Å²) in [6.45, 7) is 6.55. The minimum absolute atomic E-state index is 0.0718. The summed E-state index contributed by atoms with van der Waals surface area (Å²) in [6.07, 6.45) is 2.53. The van der Waals surface area contributed by atoms with E-state index in [1.807, 2.05) is 55.5 Å². The fraction of sp³-hybridized carbons (Fsp3) is 0.273. The Morgan fingerprint density at radius 1 is 1.07 bits per heavy atom. The quantitative estimate of drug-likeness (QED) is 0.620. The second-order valence-electron chi connectivity index (χ2n) is 6.42. The summed E-state index contributed by atoms with van der Waals surface area (Å²) in [7, 11) is 0. The van der Waals surface area contributed by atoms with Crippen LogP contribution in [0.2, 0.25) is 0 Å². The minimum atomic E-state index is -0.0718. The zero-order valence-corrected chi connectivity index (χ0v) is 15.9. The number of nitrogens with zero attached hydrogens (tertiary/aromatic N) is 3. The summed E-state index contributed by atoms with van der Waals surface area (Å²) in [5.74, 6) is -0.0718. The summed E-state index contributed by atoms with van der Waals surface area (Å²) in [6, 6.07) is 20.2. The molecule has 0 radical (unpaired) electrons. The first-order valence-electron chi connectivity index (χ1n) is 9.39. The number of benzene rings is 2. The van der Waals surface area contributed by atoms with Gasteiger partial charge in [-0.1, -0.05) is 36.4 Å². The second-order valence-corrected chi connectivity index (χ2v) is 6.42. The molecule has 3 aromatic rings. The molecule has 1 heterocycles. The first-order valence-corrected chi connectivity index (χ1v) is 9.39. The van der Waals surface area contributed by atoms with E-state index < -0.39 is 0 Å². The Labute approximate surface area is 160 Å². The fourth-order valence-electron chi connectivity index (χ4n) is 3.14. The normalized spacial score (nSPS) is 10.6. The highest BCUT2D eigenvalue weighted by atomic mass is 16.1. The van der Waals surface area contributed by atoms with Crippen molar-refractivity contribution in [1.82, 2.24) is 15.1 Å². The van der Waals surface area contributed by atoms with Crippen molar-refractivity contribution in [3.8, 4) is 5.69 Å². The number of para-hydroxylation sites is 2. The molecule has 0 saturated heterocycles. The van der Waals surface area contributed by atoms with Crippen LogP contribution in [0.5, 0.6) is 0 Å². The predicted molar refractivity (Wildman–Crippen MR) is 110 cm³/mol. The van der Waals surface area contributed by atoms with E-state index in [1.165, 1.54) is 5.69 Å². The van der Waals surface area contributed by atoms with Crippen LogP contribution in [0.25, 0.3) is 5.69 Å². The van der Waals surface area contributed by atoms with Crippen LogP contribution >= 0.6 is 0 Å². The minimum Gasteiger partial charge on any atom is -0.372 e. The van der Waals surface area contributed by atoms with E-state index in [4.69, 9.17) is 0 Å². The molecule has 0 bridgehead atoms. The van der Waals surface area contributed by atoms with E-state index in [9.17, 15) is 4.79 Å². The van der Waals surface area contributed by atoms with Crippen molar-refractivity contribution in [2.45, 2.75) is 20.3 Å². The van der Waals surface area contributed by atoms with Crippen LogP contribution in [0.4, 0.5) is 5.69 Å². The molecule has 0 aliphatic rings. The van der Waals surface area contributed by atoms with Crippen LogP contribution in [0, 0.1) is 6.92 Å². The lowest BCUT2D eigenvalue weighted by Crippen LogP contribution is -2.30. The maximum Gasteiger partial charge on any atom is 0.254 e. The van der Waals surface area contributed by atoms with Crippen LogP contribution in [-0.4, -0.2) is 35.3 Å². The number of hydrogen-bond donors (Lipinski definition) is 1. The van der Waals surface area contributed by atoms with Gasteiger partial charge in [0.25, 0.3) is 5.91 Å². The third kappa shape index (κ3) is 4.56. The van der Waals surface area contributed by atoms with Gasteiger partial charge in [0, 0.05) is 25.3 Å². The summed E-state index contributed by atoms with van der Waals surface area (Å²) < 4.78 is 1.79. The van der Waals surface area contributed by atoms with Gasteiger partial charge in [0.15, 0.2) is 0 Å². The van der Waals surface area contributed by atoms with Crippen molar-refractivity contribution in [3.05, 3.63) is 78.1 Å². The fourth-order valence-corrected chi connectivity index (χ4v) is 3.14. The van der Waals surface area contributed by atoms with Gasteiger partial charge in [0.2, 0.25) is 0 Å². The molecule has 2 aromatic carbocycles. The molecule has 3 rings (SSSR count). The standard InChI is InChI=1S/C22H26N4O/c1-3-25(19-11-6-4-7-12-19)16-10-15-23-22(27)21-17-24-26(18(21)2)20-13-8-5-9-14-20/h4-9,11-14,17H,3,10,15-16H2,1-2H3,(H,23,27). The van der Waals surface area contributed by atoms with Crippen molar-refractivity contribution < 1.29 is 4.79 Å². The Hall–Kier alpha value is -3.08. The molecule has 0 atom stereocenters. The first kappa shape index (κ1) is 18.7. The highest BCUT2D eigenvalue weighted by molar-refractivity contribution is 5.95. The van der Waals surface area contributed by atoms with Crippen LogP contribution < -0.4 is 10.2 Å². The van der Waals surface area contributed by atoms with Crippen molar-refractivity contribution >= 4 is 11.6 Å². The molecular weight excluding hydrogens is 336 g/mol. The molecule has 0 aliphatic heterocycles. The molecule has 0 unspecified atom stereocenters. The van der Waals surface area contributed by atoms with Crippen molar-refractivity contribution in [1.29, 1.82) is 0 Å². The van der Waals surface area contributed by atoms with Crippen molar-refractivity contribution in [2.75, 3.05) is 24.5 Å². The number of carbonyl (C=O) groups excluding carboxylic acids is 1. The summed E-state index contributed by atoms with van der Waals surface area (Å²) in [4.78, 5) is 14.8. The summed E-state index contributed by atoms with van der Waals surface area (Å²) >= 11 is 0. The molecule has 1 aromatic heterocycles. The van der Waals surface area contributed by atoms with Gasteiger partial charge < -0.3 is 10.2 Å². The first-order chi connectivity index (χ1) is 13.2. The van der Waals surface area contributed by atoms with E-state index in [1.54, 1.807) is 10.9 Å². The lowest BCUT2D eigenvalue weighted by atomic mass is 10.2. The van der Waals surface area contributed by atoms with Crippen molar-refractivity contribution in [3.63, 3.8) is 0 Å².